The summed E-state index contributed by atoms with van der Waals surface area (Å²) in [5, 5.41) is 12.9. The number of aliphatic hydroxyl groups excluding tert-OH is 1. The maximum Gasteiger partial charge on any atom is 0.247 e. The average Bonchev–Trinajstić information content (AvgIpc) is 2.92. The fraction of sp³-hybridized carbons (Fsp3) is 0.400. The minimum atomic E-state index is -0.841. The summed E-state index contributed by atoms with van der Waals surface area (Å²) in [4.78, 5) is 11.9. The Balaban J connectivity index is 1.97. The molecule has 0 heterocycles. The molecular formula is C15H18FNO2. The standard InChI is InChI=1S/C15H18FNO2/c1-10(17-15(19)12-4-2-3-5-12)14(18)11-6-8-13(16)9-7-11/h4,6-10,14,18H,2-3,5H2,1H3,(H,17,19). The summed E-state index contributed by atoms with van der Waals surface area (Å²) >= 11 is 0. The van der Waals surface area contributed by atoms with Gasteiger partial charge in [-0.3, -0.25) is 4.79 Å². The summed E-state index contributed by atoms with van der Waals surface area (Å²) in [5.74, 6) is -0.463. The van der Waals surface area contributed by atoms with Crippen molar-refractivity contribution in [3.05, 3.63) is 47.3 Å². The Morgan fingerprint density at radius 2 is 2.05 bits per heavy atom. The lowest BCUT2D eigenvalue weighted by Crippen LogP contribution is -2.37. The van der Waals surface area contributed by atoms with Gasteiger partial charge in [-0.15, -0.1) is 0 Å². The van der Waals surface area contributed by atoms with E-state index >= 15 is 0 Å². The van der Waals surface area contributed by atoms with Crippen LogP contribution in [0.1, 0.15) is 37.9 Å². The second-order valence-corrected chi connectivity index (χ2v) is 4.88. The molecule has 1 aromatic rings. The molecule has 0 spiro atoms. The molecule has 3 nitrogen and oxygen atoms in total. The molecule has 0 saturated heterocycles. The lowest BCUT2D eigenvalue weighted by atomic mass is 10.0. The highest BCUT2D eigenvalue weighted by atomic mass is 19.1. The third-order valence-corrected chi connectivity index (χ3v) is 3.38. The summed E-state index contributed by atoms with van der Waals surface area (Å²) in [7, 11) is 0. The van der Waals surface area contributed by atoms with Crippen LogP contribution in [0.25, 0.3) is 0 Å². The monoisotopic (exact) mass is 263 g/mol. The van der Waals surface area contributed by atoms with Crippen molar-refractivity contribution in [2.45, 2.75) is 38.3 Å². The van der Waals surface area contributed by atoms with Crippen LogP contribution in [0.5, 0.6) is 0 Å². The number of hydrogen-bond acceptors (Lipinski definition) is 2. The van der Waals surface area contributed by atoms with Crippen molar-refractivity contribution < 1.29 is 14.3 Å². The Bertz CT molecular complexity index is 481. The van der Waals surface area contributed by atoms with Crippen LogP contribution in [0.4, 0.5) is 4.39 Å². The minimum absolute atomic E-state index is 0.119. The molecule has 0 radical (unpaired) electrons. The van der Waals surface area contributed by atoms with Crippen LogP contribution in [-0.2, 0) is 4.79 Å². The van der Waals surface area contributed by atoms with Gasteiger partial charge < -0.3 is 10.4 Å². The molecule has 1 aromatic carbocycles. The van der Waals surface area contributed by atoms with Crippen molar-refractivity contribution in [2.24, 2.45) is 0 Å². The number of benzene rings is 1. The lowest BCUT2D eigenvalue weighted by Gasteiger charge is -2.21. The molecule has 0 fully saturated rings. The van der Waals surface area contributed by atoms with E-state index < -0.39 is 12.1 Å². The number of carbonyl (C=O) groups is 1. The zero-order valence-electron chi connectivity index (χ0n) is 10.9. The fourth-order valence-corrected chi connectivity index (χ4v) is 2.20. The third kappa shape index (κ3) is 3.41. The molecule has 0 aromatic heterocycles. The number of halogens is 1. The van der Waals surface area contributed by atoms with Gasteiger partial charge in [0.1, 0.15) is 5.82 Å². The average molecular weight is 263 g/mol. The number of rotatable bonds is 4. The van der Waals surface area contributed by atoms with Crippen LogP contribution in [0, 0.1) is 5.82 Å². The minimum Gasteiger partial charge on any atom is -0.386 e. The van der Waals surface area contributed by atoms with E-state index in [0.717, 1.165) is 24.8 Å². The second kappa shape index (κ2) is 5.97. The SMILES string of the molecule is CC(NC(=O)C1=CCCC1)C(O)c1ccc(F)cc1. The van der Waals surface area contributed by atoms with Gasteiger partial charge in [-0.05, 0) is 43.9 Å². The Labute approximate surface area is 112 Å². The summed E-state index contributed by atoms with van der Waals surface area (Å²) in [6.45, 7) is 1.74. The van der Waals surface area contributed by atoms with Crippen molar-refractivity contribution in [1.82, 2.24) is 5.32 Å². The Morgan fingerprint density at radius 3 is 2.63 bits per heavy atom. The first-order valence-electron chi connectivity index (χ1n) is 6.51. The molecule has 1 aliphatic rings. The largest absolute Gasteiger partial charge is 0.386 e. The molecule has 2 atom stereocenters. The number of hydrogen-bond donors (Lipinski definition) is 2. The normalized spacial score (nSPS) is 17.7. The Morgan fingerprint density at radius 1 is 1.37 bits per heavy atom. The smallest absolute Gasteiger partial charge is 0.247 e. The maximum absolute atomic E-state index is 12.8. The molecule has 0 saturated carbocycles. The van der Waals surface area contributed by atoms with Crippen LogP contribution in [0.2, 0.25) is 0 Å². The molecule has 2 unspecified atom stereocenters. The van der Waals surface area contributed by atoms with E-state index in [2.05, 4.69) is 5.32 Å². The quantitative estimate of drug-likeness (QED) is 0.876. The van der Waals surface area contributed by atoms with Crippen LogP contribution in [0.3, 0.4) is 0 Å². The molecule has 19 heavy (non-hydrogen) atoms. The van der Waals surface area contributed by atoms with Crippen molar-refractivity contribution in [3.8, 4) is 0 Å². The molecule has 2 rings (SSSR count). The summed E-state index contributed by atoms with van der Waals surface area (Å²) in [5.41, 5.74) is 1.38. The van der Waals surface area contributed by atoms with Gasteiger partial charge >= 0.3 is 0 Å². The Kier molecular flexibility index (Phi) is 4.32. The van der Waals surface area contributed by atoms with Gasteiger partial charge in [0.05, 0.1) is 12.1 Å². The first-order chi connectivity index (χ1) is 9.08. The van der Waals surface area contributed by atoms with Crippen LogP contribution >= 0.6 is 0 Å². The van der Waals surface area contributed by atoms with E-state index in [1.807, 2.05) is 6.08 Å². The first-order valence-corrected chi connectivity index (χ1v) is 6.51. The molecule has 0 bridgehead atoms. The molecular weight excluding hydrogens is 245 g/mol. The van der Waals surface area contributed by atoms with E-state index in [0.29, 0.717) is 5.56 Å². The molecule has 1 amide bonds. The number of carbonyl (C=O) groups excluding carboxylic acids is 1. The first kappa shape index (κ1) is 13.7. The van der Waals surface area contributed by atoms with E-state index in [9.17, 15) is 14.3 Å². The summed E-state index contributed by atoms with van der Waals surface area (Å²) < 4.78 is 12.8. The number of nitrogens with one attached hydrogen (secondary N) is 1. The zero-order valence-corrected chi connectivity index (χ0v) is 10.9. The van der Waals surface area contributed by atoms with E-state index in [4.69, 9.17) is 0 Å². The molecule has 0 aliphatic heterocycles. The molecule has 102 valence electrons. The highest BCUT2D eigenvalue weighted by Crippen LogP contribution is 2.20. The van der Waals surface area contributed by atoms with Gasteiger partial charge in [0.25, 0.3) is 0 Å². The predicted molar refractivity (Wildman–Crippen MR) is 70.9 cm³/mol. The lowest BCUT2D eigenvalue weighted by molar-refractivity contribution is -0.119. The number of aliphatic hydroxyl groups is 1. The molecule has 4 heteroatoms. The van der Waals surface area contributed by atoms with Crippen molar-refractivity contribution in [1.29, 1.82) is 0 Å². The summed E-state index contributed by atoms with van der Waals surface area (Å²) in [6, 6.07) is 5.23. The van der Waals surface area contributed by atoms with Gasteiger partial charge in [0.2, 0.25) is 5.91 Å². The topological polar surface area (TPSA) is 49.3 Å². The zero-order chi connectivity index (χ0) is 13.8. The van der Waals surface area contributed by atoms with Crippen LogP contribution < -0.4 is 5.32 Å². The second-order valence-electron chi connectivity index (χ2n) is 4.88. The molecule has 2 N–H and O–H groups in total. The van der Waals surface area contributed by atoms with Gasteiger partial charge in [0.15, 0.2) is 0 Å². The third-order valence-electron chi connectivity index (χ3n) is 3.38. The van der Waals surface area contributed by atoms with Gasteiger partial charge in [-0.1, -0.05) is 18.2 Å². The van der Waals surface area contributed by atoms with Gasteiger partial charge in [-0.2, -0.15) is 0 Å². The summed E-state index contributed by atoms with van der Waals surface area (Å²) in [6.07, 6.45) is 3.85. The maximum atomic E-state index is 12.8. The van der Waals surface area contributed by atoms with Crippen LogP contribution in [0.15, 0.2) is 35.9 Å². The predicted octanol–water partition coefficient (Wildman–Crippen LogP) is 2.47. The van der Waals surface area contributed by atoms with Crippen molar-refractivity contribution >= 4 is 5.91 Å². The van der Waals surface area contributed by atoms with Gasteiger partial charge in [-0.25, -0.2) is 4.39 Å². The highest BCUT2D eigenvalue weighted by molar-refractivity contribution is 5.93. The van der Waals surface area contributed by atoms with E-state index in [-0.39, 0.29) is 11.7 Å². The van der Waals surface area contributed by atoms with E-state index in [1.165, 1.54) is 24.3 Å². The number of allylic oxidation sites excluding steroid dienone is 1. The van der Waals surface area contributed by atoms with E-state index in [1.54, 1.807) is 6.92 Å². The van der Waals surface area contributed by atoms with Crippen molar-refractivity contribution in [3.63, 3.8) is 0 Å². The highest BCUT2D eigenvalue weighted by Gasteiger charge is 2.21. The van der Waals surface area contributed by atoms with Crippen LogP contribution in [-0.4, -0.2) is 17.1 Å². The van der Waals surface area contributed by atoms with Gasteiger partial charge in [0, 0.05) is 5.57 Å². The Hall–Kier alpha value is -1.68. The van der Waals surface area contributed by atoms with Crippen molar-refractivity contribution in [2.75, 3.05) is 0 Å². The number of amides is 1. The fourth-order valence-electron chi connectivity index (χ4n) is 2.20. The molecule has 1 aliphatic carbocycles.